The van der Waals surface area contributed by atoms with Crippen LogP contribution in [0.25, 0.3) is 5.52 Å². The molecule has 0 spiro atoms. The number of aromatic nitrogens is 2. The van der Waals surface area contributed by atoms with E-state index >= 15 is 0 Å². The van der Waals surface area contributed by atoms with Gasteiger partial charge in [0.25, 0.3) is 0 Å². The lowest BCUT2D eigenvalue weighted by Gasteiger charge is -2.20. The Labute approximate surface area is 144 Å². The molecule has 0 aliphatic rings. The van der Waals surface area contributed by atoms with Crippen molar-refractivity contribution in [2.45, 2.75) is 18.6 Å². The molecule has 3 rings (SSSR count). The normalized spacial score (nSPS) is 10.9. The molecular weight excluding hydrogens is 325 g/mol. The highest BCUT2D eigenvalue weighted by Crippen LogP contribution is 2.19. The molecule has 3 aromatic rings. The van der Waals surface area contributed by atoms with E-state index in [2.05, 4.69) is 4.98 Å². The third-order valence-corrected chi connectivity index (χ3v) is 4.68. The molecule has 1 aromatic carbocycles. The van der Waals surface area contributed by atoms with Gasteiger partial charge in [-0.25, -0.2) is 9.37 Å². The van der Waals surface area contributed by atoms with Gasteiger partial charge < -0.3 is 4.90 Å². The fourth-order valence-electron chi connectivity index (χ4n) is 2.48. The second-order valence-corrected chi connectivity index (χ2v) is 6.31. The van der Waals surface area contributed by atoms with Crippen LogP contribution in [0, 0.1) is 5.82 Å². The van der Waals surface area contributed by atoms with Gasteiger partial charge in [-0.1, -0.05) is 30.0 Å². The number of amides is 1. The Morgan fingerprint density at radius 1 is 1.29 bits per heavy atom. The molecule has 0 aliphatic heterocycles. The van der Waals surface area contributed by atoms with Crippen LogP contribution in [0.4, 0.5) is 4.39 Å². The number of hydrogen-bond acceptors (Lipinski definition) is 3. The zero-order valence-corrected chi connectivity index (χ0v) is 14.2. The van der Waals surface area contributed by atoms with Crippen LogP contribution in [0.5, 0.6) is 0 Å². The van der Waals surface area contributed by atoms with Gasteiger partial charge in [-0.2, -0.15) is 0 Å². The van der Waals surface area contributed by atoms with E-state index in [1.807, 2.05) is 41.8 Å². The minimum Gasteiger partial charge on any atom is -0.338 e. The number of halogens is 1. The summed E-state index contributed by atoms with van der Waals surface area (Å²) in [5.41, 5.74) is 1.79. The molecule has 4 nitrogen and oxygen atoms in total. The van der Waals surface area contributed by atoms with Crippen LogP contribution in [-0.2, 0) is 11.3 Å². The van der Waals surface area contributed by atoms with Crippen LogP contribution in [-0.4, -0.2) is 32.5 Å². The van der Waals surface area contributed by atoms with Gasteiger partial charge in [-0.05, 0) is 36.8 Å². The summed E-state index contributed by atoms with van der Waals surface area (Å²) in [5, 5.41) is 0.792. The molecule has 0 radical (unpaired) electrons. The van der Waals surface area contributed by atoms with Gasteiger partial charge >= 0.3 is 0 Å². The maximum Gasteiger partial charge on any atom is 0.233 e. The lowest BCUT2D eigenvalue weighted by Crippen LogP contribution is -2.31. The number of fused-ring (bicyclic) bond motifs is 1. The number of carbonyl (C=O) groups excluding carboxylic acids is 1. The topological polar surface area (TPSA) is 37.6 Å². The van der Waals surface area contributed by atoms with E-state index in [4.69, 9.17) is 0 Å². The summed E-state index contributed by atoms with van der Waals surface area (Å²) < 4.78 is 15.2. The predicted octanol–water partition coefficient (Wildman–Crippen LogP) is 3.61. The van der Waals surface area contributed by atoms with Crippen LogP contribution in [0.1, 0.15) is 12.5 Å². The van der Waals surface area contributed by atoms with Gasteiger partial charge in [0.2, 0.25) is 5.91 Å². The third kappa shape index (κ3) is 3.76. The Morgan fingerprint density at radius 3 is 2.96 bits per heavy atom. The van der Waals surface area contributed by atoms with Gasteiger partial charge in [0.1, 0.15) is 5.82 Å². The van der Waals surface area contributed by atoms with Gasteiger partial charge in [-0.3, -0.25) is 9.20 Å². The van der Waals surface area contributed by atoms with E-state index in [-0.39, 0.29) is 11.7 Å². The van der Waals surface area contributed by atoms with Crippen LogP contribution in [0.15, 0.2) is 60.0 Å². The van der Waals surface area contributed by atoms with E-state index in [0.717, 1.165) is 16.2 Å². The monoisotopic (exact) mass is 343 g/mol. The van der Waals surface area contributed by atoms with Crippen molar-refractivity contribution in [3.8, 4) is 0 Å². The number of hydrogen-bond donors (Lipinski definition) is 0. The summed E-state index contributed by atoms with van der Waals surface area (Å²) in [5.74, 6) is 0.0330. The molecule has 1 amide bonds. The highest BCUT2D eigenvalue weighted by Gasteiger charge is 2.14. The van der Waals surface area contributed by atoms with Crippen molar-refractivity contribution in [1.82, 2.24) is 14.3 Å². The minimum atomic E-state index is -0.283. The first-order chi connectivity index (χ1) is 11.7. The number of carbonyl (C=O) groups is 1. The largest absolute Gasteiger partial charge is 0.338 e. The van der Waals surface area contributed by atoms with E-state index in [1.54, 1.807) is 17.2 Å². The van der Waals surface area contributed by atoms with Gasteiger partial charge in [0, 0.05) is 19.3 Å². The van der Waals surface area contributed by atoms with E-state index in [9.17, 15) is 9.18 Å². The smallest absolute Gasteiger partial charge is 0.233 e. The average molecular weight is 343 g/mol. The Balaban J connectivity index is 1.64. The van der Waals surface area contributed by atoms with Gasteiger partial charge in [-0.15, -0.1) is 0 Å². The van der Waals surface area contributed by atoms with E-state index in [1.165, 1.54) is 23.9 Å². The summed E-state index contributed by atoms with van der Waals surface area (Å²) in [6.07, 6.45) is 3.72. The molecule has 0 unspecified atom stereocenters. The lowest BCUT2D eigenvalue weighted by molar-refractivity contribution is -0.128. The van der Waals surface area contributed by atoms with Crippen LogP contribution < -0.4 is 0 Å². The Bertz CT molecular complexity index is 849. The highest BCUT2D eigenvalue weighted by atomic mass is 32.2. The van der Waals surface area contributed by atoms with Gasteiger partial charge in [0.15, 0.2) is 5.16 Å². The molecular formula is C18H18FN3OS. The molecule has 0 aliphatic carbocycles. The fraction of sp³-hybridized carbons (Fsp3) is 0.222. The molecule has 0 atom stereocenters. The number of pyridine rings is 1. The second kappa shape index (κ2) is 7.49. The first-order valence-corrected chi connectivity index (χ1v) is 8.73. The molecule has 6 heteroatoms. The minimum absolute atomic E-state index is 0.0134. The molecule has 24 heavy (non-hydrogen) atoms. The number of nitrogens with zero attached hydrogens (tertiary/aromatic N) is 3. The zero-order chi connectivity index (χ0) is 16.9. The van der Waals surface area contributed by atoms with E-state index in [0.29, 0.717) is 18.8 Å². The van der Waals surface area contributed by atoms with E-state index < -0.39 is 0 Å². The summed E-state index contributed by atoms with van der Waals surface area (Å²) in [6.45, 7) is 2.92. The number of thioether (sulfide) groups is 1. The van der Waals surface area contributed by atoms with Crippen molar-refractivity contribution in [2.75, 3.05) is 12.3 Å². The molecule has 124 valence electrons. The second-order valence-electron chi connectivity index (χ2n) is 5.36. The number of rotatable bonds is 6. The molecule has 0 saturated carbocycles. The van der Waals surface area contributed by atoms with Crippen LogP contribution in [0.3, 0.4) is 0 Å². The molecule has 0 fully saturated rings. The third-order valence-electron chi connectivity index (χ3n) is 3.73. The Morgan fingerprint density at radius 2 is 2.17 bits per heavy atom. The summed E-state index contributed by atoms with van der Waals surface area (Å²) in [6, 6.07) is 12.2. The van der Waals surface area contributed by atoms with Crippen molar-refractivity contribution in [3.05, 3.63) is 66.2 Å². The molecule has 2 aromatic heterocycles. The molecule has 0 bridgehead atoms. The molecule has 0 saturated heterocycles. The lowest BCUT2D eigenvalue weighted by atomic mass is 10.2. The Hall–Kier alpha value is -2.34. The maximum atomic E-state index is 13.3. The standard InChI is InChI=1S/C18H18FN3OS/c1-2-21(12-14-6-5-7-15(19)10-14)17(23)13-24-18-20-11-16-8-3-4-9-22(16)18/h3-11H,2,12-13H2,1H3. The fourth-order valence-corrected chi connectivity index (χ4v) is 3.34. The summed E-state index contributed by atoms with van der Waals surface area (Å²) in [4.78, 5) is 18.5. The van der Waals surface area contributed by atoms with Crippen molar-refractivity contribution >= 4 is 23.2 Å². The number of imidazole rings is 1. The molecule has 0 N–H and O–H groups in total. The maximum absolute atomic E-state index is 13.3. The summed E-state index contributed by atoms with van der Waals surface area (Å²) in [7, 11) is 0. The summed E-state index contributed by atoms with van der Waals surface area (Å²) >= 11 is 1.41. The highest BCUT2D eigenvalue weighted by molar-refractivity contribution is 7.99. The Kier molecular flexibility index (Phi) is 5.15. The van der Waals surface area contributed by atoms with Crippen molar-refractivity contribution in [3.63, 3.8) is 0 Å². The molecule has 2 heterocycles. The van der Waals surface area contributed by atoms with Crippen molar-refractivity contribution in [1.29, 1.82) is 0 Å². The SMILES string of the molecule is CCN(Cc1cccc(F)c1)C(=O)CSc1ncc2ccccn12. The van der Waals surface area contributed by atoms with Crippen LogP contribution >= 0.6 is 11.8 Å². The average Bonchev–Trinajstić information content (AvgIpc) is 3.01. The zero-order valence-electron chi connectivity index (χ0n) is 13.4. The van der Waals surface area contributed by atoms with Crippen molar-refractivity contribution < 1.29 is 9.18 Å². The van der Waals surface area contributed by atoms with Crippen LogP contribution in [0.2, 0.25) is 0 Å². The van der Waals surface area contributed by atoms with Gasteiger partial charge in [0.05, 0.1) is 17.5 Å². The first-order valence-electron chi connectivity index (χ1n) is 7.74. The predicted molar refractivity (Wildman–Crippen MR) is 93.4 cm³/mol. The van der Waals surface area contributed by atoms with Crippen molar-refractivity contribution in [2.24, 2.45) is 0 Å². The quantitative estimate of drug-likeness (QED) is 0.642. The first kappa shape index (κ1) is 16.5. The number of benzene rings is 1.